The molecule has 0 saturated carbocycles. The molecule has 1 heterocycles. The number of fused-ring (bicyclic) bond motifs is 1. The molecule has 0 saturated heterocycles. The van der Waals surface area contributed by atoms with Gasteiger partial charge in [-0.25, -0.2) is 0 Å². The number of ether oxygens (including phenoxy) is 1. The summed E-state index contributed by atoms with van der Waals surface area (Å²) >= 11 is 0. The van der Waals surface area contributed by atoms with Gasteiger partial charge in [0.05, 0.1) is 6.04 Å². The van der Waals surface area contributed by atoms with Gasteiger partial charge in [-0.2, -0.15) is 0 Å². The van der Waals surface area contributed by atoms with Crippen LogP contribution in [0.25, 0.3) is 11.0 Å². The molecule has 0 aliphatic rings. The van der Waals surface area contributed by atoms with Crippen molar-refractivity contribution in [2.24, 2.45) is 11.7 Å². The lowest BCUT2D eigenvalue weighted by atomic mass is 10.0. The molecule has 3 nitrogen and oxygen atoms in total. The van der Waals surface area contributed by atoms with Crippen LogP contribution in [0, 0.1) is 5.92 Å². The van der Waals surface area contributed by atoms with Gasteiger partial charge in [0.1, 0.15) is 11.3 Å². The molecule has 0 bridgehead atoms. The molecule has 17 heavy (non-hydrogen) atoms. The minimum atomic E-state index is -0.0625. The largest absolute Gasteiger partial charge is 0.459 e. The molecule has 3 heteroatoms. The fourth-order valence-electron chi connectivity index (χ4n) is 2.09. The van der Waals surface area contributed by atoms with E-state index >= 15 is 0 Å². The van der Waals surface area contributed by atoms with Crippen LogP contribution in [-0.4, -0.2) is 13.7 Å². The molecule has 0 aliphatic carbocycles. The van der Waals surface area contributed by atoms with E-state index in [9.17, 15) is 0 Å². The van der Waals surface area contributed by atoms with Crippen LogP contribution >= 0.6 is 0 Å². The molecule has 0 aliphatic heterocycles. The van der Waals surface area contributed by atoms with Crippen molar-refractivity contribution in [1.29, 1.82) is 0 Å². The molecule has 0 radical (unpaired) electrons. The van der Waals surface area contributed by atoms with Crippen molar-refractivity contribution in [1.82, 2.24) is 0 Å². The van der Waals surface area contributed by atoms with Gasteiger partial charge in [0, 0.05) is 19.1 Å². The van der Waals surface area contributed by atoms with Gasteiger partial charge < -0.3 is 14.9 Å². The zero-order valence-electron chi connectivity index (χ0n) is 10.3. The van der Waals surface area contributed by atoms with Gasteiger partial charge in [0.15, 0.2) is 0 Å². The summed E-state index contributed by atoms with van der Waals surface area (Å²) in [7, 11) is 1.71. The molecule has 0 amide bonds. The summed E-state index contributed by atoms with van der Waals surface area (Å²) in [5, 5.41) is 1.11. The number of hydrogen-bond acceptors (Lipinski definition) is 3. The van der Waals surface area contributed by atoms with E-state index in [2.05, 4.69) is 6.92 Å². The van der Waals surface area contributed by atoms with Crippen molar-refractivity contribution in [2.75, 3.05) is 13.7 Å². The van der Waals surface area contributed by atoms with E-state index in [1.54, 1.807) is 7.11 Å². The second kappa shape index (κ2) is 5.34. The Hall–Kier alpha value is -1.32. The zero-order valence-corrected chi connectivity index (χ0v) is 10.3. The van der Waals surface area contributed by atoms with Crippen molar-refractivity contribution >= 4 is 11.0 Å². The van der Waals surface area contributed by atoms with Crippen LogP contribution < -0.4 is 5.73 Å². The zero-order chi connectivity index (χ0) is 12.3. The molecule has 2 unspecified atom stereocenters. The van der Waals surface area contributed by atoms with Crippen LogP contribution in [0.4, 0.5) is 0 Å². The number of furan rings is 1. The van der Waals surface area contributed by atoms with E-state index in [0.29, 0.717) is 5.92 Å². The average molecular weight is 233 g/mol. The lowest BCUT2D eigenvalue weighted by molar-refractivity contribution is 0.150. The molecular formula is C14H19NO2. The van der Waals surface area contributed by atoms with Gasteiger partial charge in [-0.1, -0.05) is 25.1 Å². The van der Waals surface area contributed by atoms with Crippen molar-refractivity contribution < 1.29 is 9.15 Å². The maximum atomic E-state index is 6.14. The predicted molar refractivity (Wildman–Crippen MR) is 68.8 cm³/mol. The van der Waals surface area contributed by atoms with Crippen LogP contribution in [0.5, 0.6) is 0 Å². The molecule has 2 atom stereocenters. The van der Waals surface area contributed by atoms with Crippen molar-refractivity contribution in [3.05, 3.63) is 36.1 Å². The van der Waals surface area contributed by atoms with Crippen LogP contribution in [-0.2, 0) is 4.74 Å². The van der Waals surface area contributed by atoms with E-state index in [1.165, 1.54) is 0 Å². The van der Waals surface area contributed by atoms with E-state index < -0.39 is 0 Å². The number of para-hydroxylation sites is 1. The summed E-state index contributed by atoms with van der Waals surface area (Å²) in [4.78, 5) is 0. The highest BCUT2D eigenvalue weighted by atomic mass is 16.5. The van der Waals surface area contributed by atoms with Gasteiger partial charge in [-0.15, -0.1) is 0 Å². The first-order chi connectivity index (χ1) is 8.20. The molecule has 2 rings (SSSR count). The van der Waals surface area contributed by atoms with Crippen LogP contribution in [0.3, 0.4) is 0 Å². The fraction of sp³-hybridized carbons (Fsp3) is 0.429. The van der Waals surface area contributed by atoms with Crippen LogP contribution in [0.15, 0.2) is 34.7 Å². The number of benzene rings is 1. The predicted octanol–water partition coefficient (Wildman–Crippen LogP) is 3.11. The third-order valence-electron chi connectivity index (χ3n) is 2.92. The topological polar surface area (TPSA) is 48.4 Å². The Bertz CT molecular complexity index is 445. The summed E-state index contributed by atoms with van der Waals surface area (Å²) in [6, 6.07) is 9.93. The molecule has 0 spiro atoms. The van der Waals surface area contributed by atoms with Crippen molar-refractivity contribution in [3.8, 4) is 0 Å². The lowest BCUT2D eigenvalue weighted by Gasteiger charge is -2.14. The van der Waals surface area contributed by atoms with Gasteiger partial charge >= 0.3 is 0 Å². The number of hydrogen-bond donors (Lipinski definition) is 1. The molecular weight excluding hydrogens is 214 g/mol. The maximum Gasteiger partial charge on any atom is 0.134 e. The van der Waals surface area contributed by atoms with E-state index in [0.717, 1.165) is 29.8 Å². The minimum absolute atomic E-state index is 0.0625. The standard InChI is InChI=1S/C14H19NO2/c1-10(9-16-2)7-12(15)14-8-11-5-3-4-6-13(11)17-14/h3-6,8,10,12H,7,9,15H2,1-2H3. The Morgan fingerprint density at radius 1 is 1.35 bits per heavy atom. The fourth-order valence-corrected chi connectivity index (χ4v) is 2.09. The monoisotopic (exact) mass is 233 g/mol. The van der Waals surface area contributed by atoms with E-state index in [-0.39, 0.29) is 6.04 Å². The second-order valence-corrected chi connectivity index (χ2v) is 4.59. The smallest absolute Gasteiger partial charge is 0.134 e. The third-order valence-corrected chi connectivity index (χ3v) is 2.92. The SMILES string of the molecule is COCC(C)CC(N)c1cc2ccccc2o1. The quantitative estimate of drug-likeness (QED) is 0.863. The summed E-state index contributed by atoms with van der Waals surface area (Å²) < 4.78 is 10.9. The first-order valence-electron chi connectivity index (χ1n) is 5.93. The Kier molecular flexibility index (Phi) is 3.82. The average Bonchev–Trinajstić information content (AvgIpc) is 2.72. The van der Waals surface area contributed by atoms with E-state index in [1.807, 2.05) is 30.3 Å². The van der Waals surface area contributed by atoms with Crippen molar-refractivity contribution in [3.63, 3.8) is 0 Å². The summed E-state index contributed by atoms with van der Waals surface area (Å²) in [6.45, 7) is 2.86. The summed E-state index contributed by atoms with van der Waals surface area (Å²) in [6.07, 6.45) is 0.869. The normalized spacial score (nSPS) is 15.0. The van der Waals surface area contributed by atoms with Gasteiger partial charge in [0.2, 0.25) is 0 Å². The minimum Gasteiger partial charge on any atom is -0.459 e. The third kappa shape index (κ3) is 2.87. The molecule has 0 fully saturated rings. The summed E-state index contributed by atoms with van der Waals surface area (Å²) in [5.41, 5.74) is 7.04. The van der Waals surface area contributed by atoms with Gasteiger partial charge in [-0.05, 0) is 24.5 Å². The lowest BCUT2D eigenvalue weighted by Crippen LogP contribution is -2.16. The molecule has 1 aromatic carbocycles. The number of nitrogens with two attached hydrogens (primary N) is 1. The van der Waals surface area contributed by atoms with Crippen molar-refractivity contribution in [2.45, 2.75) is 19.4 Å². The Morgan fingerprint density at radius 3 is 2.82 bits per heavy atom. The Labute approximate surface area is 102 Å². The van der Waals surface area contributed by atoms with Gasteiger partial charge in [0.25, 0.3) is 0 Å². The first-order valence-corrected chi connectivity index (χ1v) is 5.93. The highest BCUT2D eigenvalue weighted by Crippen LogP contribution is 2.26. The number of methoxy groups -OCH3 is 1. The van der Waals surface area contributed by atoms with Crippen LogP contribution in [0.2, 0.25) is 0 Å². The molecule has 1 aromatic heterocycles. The summed E-state index contributed by atoms with van der Waals surface area (Å²) in [5.74, 6) is 1.29. The number of rotatable bonds is 5. The van der Waals surface area contributed by atoms with Gasteiger partial charge in [-0.3, -0.25) is 0 Å². The molecule has 2 aromatic rings. The van der Waals surface area contributed by atoms with Crippen LogP contribution in [0.1, 0.15) is 25.1 Å². The second-order valence-electron chi connectivity index (χ2n) is 4.59. The molecule has 2 N–H and O–H groups in total. The van der Waals surface area contributed by atoms with E-state index in [4.69, 9.17) is 14.9 Å². The molecule has 92 valence electrons. The first kappa shape index (κ1) is 12.1. The maximum absolute atomic E-state index is 6.14. The Morgan fingerprint density at radius 2 is 2.12 bits per heavy atom. The highest BCUT2D eigenvalue weighted by Gasteiger charge is 2.15. The highest BCUT2D eigenvalue weighted by molar-refractivity contribution is 5.77. The Balaban J connectivity index is 2.10.